The first kappa shape index (κ1) is 12.4. The number of aromatic amines is 1. The lowest BCUT2D eigenvalue weighted by molar-refractivity contribution is 1.09. The average Bonchev–Trinajstić information content (AvgIpc) is 2.83. The minimum atomic E-state index is 0.173. The second-order valence-electron chi connectivity index (χ2n) is 4.01. The number of H-pyrrole nitrogens is 1. The van der Waals surface area contributed by atoms with Crippen molar-refractivity contribution in [2.24, 2.45) is 0 Å². The Morgan fingerprint density at radius 2 is 2.16 bits per heavy atom. The van der Waals surface area contributed by atoms with Gasteiger partial charge in [-0.05, 0) is 36.2 Å². The Morgan fingerprint density at radius 1 is 1.32 bits per heavy atom. The highest BCUT2D eigenvalue weighted by atomic mass is 79.9. The summed E-state index contributed by atoms with van der Waals surface area (Å²) < 4.78 is 1.03. The molecule has 2 N–H and O–H groups in total. The molecule has 3 rings (SSSR count). The fourth-order valence-electron chi connectivity index (χ4n) is 1.77. The van der Waals surface area contributed by atoms with Gasteiger partial charge in [-0.2, -0.15) is 15.1 Å². The van der Waals surface area contributed by atoms with E-state index in [-0.39, 0.29) is 5.28 Å². The monoisotopic (exact) mass is 337 g/mol. The van der Waals surface area contributed by atoms with E-state index in [9.17, 15) is 0 Å². The lowest BCUT2D eigenvalue weighted by Gasteiger charge is -2.10. The SMILES string of the molecule is Cc1c(Br)cccc1Nc1nc(Cl)nc2[nH]ncc12. The van der Waals surface area contributed by atoms with Crippen LogP contribution in [0.4, 0.5) is 11.5 Å². The quantitative estimate of drug-likeness (QED) is 0.697. The summed E-state index contributed by atoms with van der Waals surface area (Å²) in [5.41, 5.74) is 2.65. The van der Waals surface area contributed by atoms with E-state index in [1.54, 1.807) is 6.20 Å². The maximum atomic E-state index is 5.90. The van der Waals surface area contributed by atoms with Crippen molar-refractivity contribution in [3.8, 4) is 0 Å². The lowest BCUT2D eigenvalue weighted by atomic mass is 10.2. The molecule has 0 bridgehead atoms. The first-order valence-electron chi connectivity index (χ1n) is 5.54. The lowest BCUT2D eigenvalue weighted by Crippen LogP contribution is -1.98. The molecule has 96 valence electrons. The molecule has 1 aromatic carbocycles. The van der Waals surface area contributed by atoms with Gasteiger partial charge in [0.2, 0.25) is 5.28 Å². The molecule has 0 saturated carbocycles. The summed E-state index contributed by atoms with van der Waals surface area (Å²) in [5.74, 6) is 0.630. The van der Waals surface area contributed by atoms with Crippen molar-refractivity contribution in [2.75, 3.05) is 5.32 Å². The van der Waals surface area contributed by atoms with Crippen molar-refractivity contribution in [1.82, 2.24) is 20.2 Å². The first-order chi connectivity index (χ1) is 9.15. The van der Waals surface area contributed by atoms with Gasteiger partial charge in [0.15, 0.2) is 5.65 Å². The number of hydrogen-bond acceptors (Lipinski definition) is 4. The van der Waals surface area contributed by atoms with E-state index in [0.29, 0.717) is 11.5 Å². The summed E-state index contributed by atoms with van der Waals surface area (Å²) >= 11 is 9.40. The highest BCUT2D eigenvalue weighted by Gasteiger charge is 2.10. The van der Waals surface area contributed by atoms with E-state index in [1.165, 1.54) is 0 Å². The number of anilines is 2. The third-order valence-corrected chi connectivity index (χ3v) is 3.83. The Bertz CT molecular complexity index is 755. The Morgan fingerprint density at radius 3 is 3.00 bits per heavy atom. The van der Waals surface area contributed by atoms with Gasteiger partial charge in [-0.1, -0.05) is 22.0 Å². The zero-order valence-electron chi connectivity index (χ0n) is 9.91. The summed E-state index contributed by atoms with van der Waals surface area (Å²) in [7, 11) is 0. The zero-order chi connectivity index (χ0) is 13.4. The molecule has 0 fully saturated rings. The van der Waals surface area contributed by atoms with E-state index in [2.05, 4.69) is 41.4 Å². The van der Waals surface area contributed by atoms with E-state index in [1.807, 2.05) is 25.1 Å². The molecule has 0 aliphatic rings. The Balaban J connectivity index is 2.10. The van der Waals surface area contributed by atoms with Crippen molar-refractivity contribution in [2.45, 2.75) is 6.92 Å². The van der Waals surface area contributed by atoms with Crippen LogP contribution in [-0.2, 0) is 0 Å². The number of nitrogens with zero attached hydrogens (tertiary/aromatic N) is 3. The van der Waals surface area contributed by atoms with Crippen LogP contribution >= 0.6 is 27.5 Å². The molecule has 0 saturated heterocycles. The van der Waals surface area contributed by atoms with Crippen molar-refractivity contribution >= 4 is 50.1 Å². The number of fused-ring (bicyclic) bond motifs is 1. The number of hydrogen-bond donors (Lipinski definition) is 2. The maximum absolute atomic E-state index is 5.90. The van der Waals surface area contributed by atoms with Crippen LogP contribution in [0.2, 0.25) is 5.28 Å². The number of aromatic nitrogens is 4. The number of benzene rings is 1. The van der Waals surface area contributed by atoms with Crippen LogP contribution in [-0.4, -0.2) is 20.2 Å². The summed E-state index contributed by atoms with van der Waals surface area (Å²) in [4.78, 5) is 8.27. The molecule has 7 heteroatoms. The number of nitrogens with one attached hydrogen (secondary N) is 2. The van der Waals surface area contributed by atoms with Gasteiger partial charge < -0.3 is 5.32 Å². The molecule has 5 nitrogen and oxygen atoms in total. The molecular weight excluding hydrogens is 330 g/mol. The van der Waals surface area contributed by atoms with Crippen LogP contribution in [0.5, 0.6) is 0 Å². The second kappa shape index (κ2) is 4.79. The standard InChI is InChI=1S/C12H9BrClN5/c1-6-8(13)3-2-4-9(6)16-10-7-5-15-19-11(7)18-12(14)17-10/h2-5H,1H3,(H2,15,16,17,18,19). The highest BCUT2D eigenvalue weighted by Crippen LogP contribution is 2.28. The molecule has 0 aliphatic heterocycles. The van der Waals surface area contributed by atoms with E-state index >= 15 is 0 Å². The molecule has 0 radical (unpaired) electrons. The van der Waals surface area contributed by atoms with Gasteiger partial charge in [-0.25, -0.2) is 0 Å². The van der Waals surface area contributed by atoms with Gasteiger partial charge in [0.25, 0.3) is 0 Å². The van der Waals surface area contributed by atoms with Crippen LogP contribution in [0.15, 0.2) is 28.9 Å². The molecular formula is C12H9BrClN5. The molecule has 2 heterocycles. The molecule has 0 unspecified atom stereocenters. The summed E-state index contributed by atoms with van der Waals surface area (Å²) in [5, 5.41) is 11.0. The van der Waals surface area contributed by atoms with E-state index in [0.717, 1.165) is 21.1 Å². The van der Waals surface area contributed by atoms with Crippen LogP contribution in [0, 0.1) is 6.92 Å². The molecule has 19 heavy (non-hydrogen) atoms. The molecule has 3 aromatic rings. The molecule has 0 amide bonds. The fraction of sp³-hybridized carbons (Fsp3) is 0.0833. The maximum Gasteiger partial charge on any atom is 0.226 e. The average molecular weight is 339 g/mol. The predicted octanol–water partition coefficient (Wildman–Crippen LogP) is 3.82. The normalized spacial score (nSPS) is 10.9. The van der Waals surface area contributed by atoms with Gasteiger partial charge in [-0.3, -0.25) is 5.10 Å². The molecule has 0 aliphatic carbocycles. The van der Waals surface area contributed by atoms with Gasteiger partial charge in [0.05, 0.1) is 11.6 Å². The topological polar surface area (TPSA) is 66.5 Å². The Hall–Kier alpha value is -1.66. The van der Waals surface area contributed by atoms with Crippen molar-refractivity contribution in [1.29, 1.82) is 0 Å². The van der Waals surface area contributed by atoms with Crippen LogP contribution < -0.4 is 5.32 Å². The summed E-state index contributed by atoms with van der Waals surface area (Å²) in [6, 6.07) is 5.91. The first-order valence-corrected chi connectivity index (χ1v) is 6.71. The number of halogens is 2. The van der Waals surface area contributed by atoms with Gasteiger partial charge in [0.1, 0.15) is 5.82 Å². The molecule has 0 spiro atoms. The van der Waals surface area contributed by atoms with Crippen molar-refractivity contribution in [3.05, 3.63) is 39.7 Å². The predicted molar refractivity (Wildman–Crippen MR) is 78.9 cm³/mol. The zero-order valence-corrected chi connectivity index (χ0v) is 12.2. The Kier molecular flexibility index (Phi) is 3.12. The third kappa shape index (κ3) is 2.29. The smallest absolute Gasteiger partial charge is 0.226 e. The van der Waals surface area contributed by atoms with Gasteiger partial charge in [-0.15, -0.1) is 0 Å². The second-order valence-corrected chi connectivity index (χ2v) is 5.20. The highest BCUT2D eigenvalue weighted by molar-refractivity contribution is 9.10. The molecule has 0 atom stereocenters. The number of rotatable bonds is 2. The van der Waals surface area contributed by atoms with Crippen LogP contribution in [0.1, 0.15) is 5.56 Å². The minimum absolute atomic E-state index is 0.173. The fourth-order valence-corrected chi connectivity index (χ4v) is 2.31. The van der Waals surface area contributed by atoms with Gasteiger partial charge >= 0.3 is 0 Å². The van der Waals surface area contributed by atoms with Crippen LogP contribution in [0.3, 0.4) is 0 Å². The summed E-state index contributed by atoms with van der Waals surface area (Å²) in [6.45, 7) is 2.02. The van der Waals surface area contributed by atoms with E-state index in [4.69, 9.17) is 11.6 Å². The Labute approximate surface area is 122 Å². The van der Waals surface area contributed by atoms with E-state index < -0.39 is 0 Å². The summed E-state index contributed by atoms with van der Waals surface area (Å²) in [6.07, 6.45) is 1.67. The largest absolute Gasteiger partial charge is 0.339 e. The van der Waals surface area contributed by atoms with Gasteiger partial charge in [0, 0.05) is 10.2 Å². The van der Waals surface area contributed by atoms with Crippen molar-refractivity contribution in [3.63, 3.8) is 0 Å². The minimum Gasteiger partial charge on any atom is -0.339 e. The van der Waals surface area contributed by atoms with Crippen LogP contribution in [0.25, 0.3) is 11.0 Å². The molecule has 2 aromatic heterocycles. The third-order valence-electron chi connectivity index (χ3n) is 2.80. The van der Waals surface area contributed by atoms with Crippen molar-refractivity contribution < 1.29 is 0 Å².